The maximum Gasteiger partial charge on any atom is 0.249 e. The third-order valence-electron chi connectivity index (χ3n) is 2.96. The van der Waals surface area contributed by atoms with Gasteiger partial charge in [-0.2, -0.15) is 0 Å². The van der Waals surface area contributed by atoms with Crippen LogP contribution in [0.15, 0.2) is 24.3 Å². The number of nitrogens with zero attached hydrogens (tertiary/aromatic N) is 1. The number of phenols is 1. The minimum Gasteiger partial charge on any atom is -0.508 e. The minimum atomic E-state index is -0.0585. The molecule has 1 fully saturated rings. The molecule has 1 unspecified atom stereocenters. The molecule has 17 heavy (non-hydrogen) atoms. The number of phenolic OH excluding ortho intramolecular Hbond substituents is 1. The topological polar surface area (TPSA) is 49.8 Å². The summed E-state index contributed by atoms with van der Waals surface area (Å²) >= 11 is 0. The molecule has 1 aromatic rings. The van der Waals surface area contributed by atoms with Crippen LogP contribution in [-0.4, -0.2) is 35.2 Å². The molecule has 1 atom stereocenters. The van der Waals surface area contributed by atoms with Crippen molar-refractivity contribution < 1.29 is 14.6 Å². The molecule has 1 saturated heterocycles. The molecule has 0 aromatic heterocycles. The first kappa shape index (κ1) is 11.9. The molecule has 0 bridgehead atoms. The average molecular weight is 235 g/mol. The van der Waals surface area contributed by atoms with Crippen LogP contribution >= 0.6 is 0 Å². The summed E-state index contributed by atoms with van der Waals surface area (Å²) in [4.78, 5) is 13.7. The highest BCUT2D eigenvalue weighted by atomic mass is 16.5. The largest absolute Gasteiger partial charge is 0.508 e. The van der Waals surface area contributed by atoms with E-state index in [0.29, 0.717) is 6.61 Å². The second-order valence-electron chi connectivity index (χ2n) is 4.52. The zero-order chi connectivity index (χ0) is 12.4. The molecule has 0 saturated carbocycles. The molecule has 1 aromatic carbocycles. The number of carbonyl (C=O) groups excluding carboxylic acids is 1. The lowest BCUT2D eigenvalue weighted by Gasteiger charge is -2.38. The highest BCUT2D eigenvalue weighted by molar-refractivity contribution is 5.79. The Morgan fingerprint density at radius 3 is 2.59 bits per heavy atom. The van der Waals surface area contributed by atoms with Crippen LogP contribution in [-0.2, 0) is 9.53 Å². The van der Waals surface area contributed by atoms with E-state index in [4.69, 9.17) is 4.74 Å². The van der Waals surface area contributed by atoms with Gasteiger partial charge < -0.3 is 14.7 Å². The van der Waals surface area contributed by atoms with E-state index in [9.17, 15) is 9.90 Å². The van der Waals surface area contributed by atoms with Gasteiger partial charge in [0.05, 0.1) is 12.6 Å². The van der Waals surface area contributed by atoms with Gasteiger partial charge in [-0.1, -0.05) is 12.1 Å². The highest BCUT2D eigenvalue weighted by Gasteiger charge is 2.31. The van der Waals surface area contributed by atoms with Gasteiger partial charge in [0.1, 0.15) is 12.4 Å². The Hall–Kier alpha value is -1.55. The normalized spacial score (nSPS) is 21.0. The van der Waals surface area contributed by atoms with E-state index in [-0.39, 0.29) is 30.3 Å². The van der Waals surface area contributed by atoms with Gasteiger partial charge in [-0.15, -0.1) is 0 Å². The maximum absolute atomic E-state index is 11.8. The molecule has 2 rings (SSSR count). The van der Waals surface area contributed by atoms with Gasteiger partial charge in [0.15, 0.2) is 0 Å². The Morgan fingerprint density at radius 1 is 1.35 bits per heavy atom. The lowest BCUT2D eigenvalue weighted by molar-refractivity contribution is -0.151. The minimum absolute atomic E-state index is 0.0179. The molecule has 0 radical (unpaired) electrons. The number of ether oxygens (including phenoxy) is 1. The Morgan fingerprint density at radius 2 is 2.00 bits per heavy atom. The maximum atomic E-state index is 11.8. The van der Waals surface area contributed by atoms with Crippen LogP contribution in [0.5, 0.6) is 5.75 Å². The van der Waals surface area contributed by atoms with Crippen molar-refractivity contribution >= 4 is 5.91 Å². The van der Waals surface area contributed by atoms with E-state index < -0.39 is 0 Å². The second kappa shape index (κ2) is 4.75. The number of amides is 1. The van der Waals surface area contributed by atoms with E-state index in [0.717, 1.165) is 5.56 Å². The molecule has 4 heteroatoms. The summed E-state index contributed by atoms with van der Waals surface area (Å²) in [5.74, 6) is 0.247. The lowest BCUT2D eigenvalue weighted by Crippen LogP contribution is -2.47. The van der Waals surface area contributed by atoms with Gasteiger partial charge in [-0.05, 0) is 31.5 Å². The summed E-state index contributed by atoms with van der Waals surface area (Å²) in [5.41, 5.74) is 0.990. The van der Waals surface area contributed by atoms with Crippen LogP contribution in [0.1, 0.15) is 25.5 Å². The fourth-order valence-electron chi connectivity index (χ4n) is 2.19. The lowest BCUT2D eigenvalue weighted by atomic mass is 10.0. The quantitative estimate of drug-likeness (QED) is 0.848. The molecule has 1 N–H and O–H groups in total. The van der Waals surface area contributed by atoms with E-state index >= 15 is 0 Å². The summed E-state index contributed by atoms with van der Waals surface area (Å²) in [5, 5.41) is 9.27. The van der Waals surface area contributed by atoms with Crippen LogP contribution in [0.2, 0.25) is 0 Å². The van der Waals surface area contributed by atoms with Gasteiger partial charge in [-0.25, -0.2) is 0 Å². The standard InChI is InChI=1S/C13H17NO3/c1-9(2)14-12(7-17-8-13(14)16)10-3-5-11(15)6-4-10/h3-6,9,12,15H,7-8H2,1-2H3. The highest BCUT2D eigenvalue weighted by Crippen LogP contribution is 2.27. The van der Waals surface area contributed by atoms with Crippen LogP contribution < -0.4 is 0 Å². The fraction of sp³-hybridized carbons (Fsp3) is 0.462. The van der Waals surface area contributed by atoms with Gasteiger partial charge >= 0.3 is 0 Å². The Balaban J connectivity index is 2.28. The molecule has 1 aliphatic rings. The van der Waals surface area contributed by atoms with E-state index in [2.05, 4.69) is 0 Å². The van der Waals surface area contributed by atoms with Crippen molar-refractivity contribution in [1.82, 2.24) is 4.90 Å². The fourth-order valence-corrected chi connectivity index (χ4v) is 2.19. The Labute approximate surface area is 101 Å². The van der Waals surface area contributed by atoms with Crippen molar-refractivity contribution in [2.75, 3.05) is 13.2 Å². The molecule has 0 aliphatic carbocycles. The third-order valence-corrected chi connectivity index (χ3v) is 2.96. The molecule has 1 heterocycles. The van der Waals surface area contributed by atoms with Gasteiger partial charge in [0, 0.05) is 6.04 Å². The summed E-state index contributed by atoms with van der Waals surface area (Å²) in [6.45, 7) is 4.66. The van der Waals surface area contributed by atoms with Crippen molar-refractivity contribution in [2.24, 2.45) is 0 Å². The van der Waals surface area contributed by atoms with Gasteiger partial charge in [0.2, 0.25) is 5.91 Å². The van der Waals surface area contributed by atoms with E-state index in [1.807, 2.05) is 30.9 Å². The first-order valence-electron chi connectivity index (χ1n) is 5.77. The number of benzene rings is 1. The smallest absolute Gasteiger partial charge is 0.249 e. The molecule has 1 aliphatic heterocycles. The molecule has 92 valence electrons. The summed E-state index contributed by atoms with van der Waals surface area (Å²) in [6.07, 6.45) is 0. The number of hydrogen-bond donors (Lipinski definition) is 1. The Kier molecular flexibility index (Phi) is 3.33. The van der Waals surface area contributed by atoms with Crippen LogP contribution in [0, 0.1) is 0 Å². The van der Waals surface area contributed by atoms with Crippen LogP contribution in [0.3, 0.4) is 0 Å². The summed E-state index contributed by atoms with van der Waals surface area (Å²) < 4.78 is 5.31. The number of rotatable bonds is 2. The monoisotopic (exact) mass is 235 g/mol. The SMILES string of the molecule is CC(C)N1C(=O)COCC1c1ccc(O)cc1. The Bertz CT molecular complexity index is 400. The van der Waals surface area contributed by atoms with E-state index in [1.54, 1.807) is 12.1 Å². The van der Waals surface area contributed by atoms with Crippen molar-refractivity contribution in [2.45, 2.75) is 25.9 Å². The van der Waals surface area contributed by atoms with E-state index in [1.165, 1.54) is 0 Å². The number of hydrogen-bond acceptors (Lipinski definition) is 3. The number of carbonyl (C=O) groups is 1. The number of morpholine rings is 1. The second-order valence-corrected chi connectivity index (χ2v) is 4.52. The summed E-state index contributed by atoms with van der Waals surface area (Å²) in [7, 11) is 0. The zero-order valence-electron chi connectivity index (χ0n) is 10.1. The van der Waals surface area contributed by atoms with Crippen molar-refractivity contribution in [3.8, 4) is 5.75 Å². The predicted molar refractivity (Wildman–Crippen MR) is 63.6 cm³/mol. The van der Waals surface area contributed by atoms with Crippen LogP contribution in [0.25, 0.3) is 0 Å². The van der Waals surface area contributed by atoms with Gasteiger partial charge in [0.25, 0.3) is 0 Å². The molecular weight excluding hydrogens is 218 g/mol. The molecule has 1 amide bonds. The van der Waals surface area contributed by atoms with Gasteiger partial charge in [-0.3, -0.25) is 4.79 Å². The third kappa shape index (κ3) is 2.42. The zero-order valence-corrected chi connectivity index (χ0v) is 10.1. The van der Waals surface area contributed by atoms with Crippen molar-refractivity contribution in [3.63, 3.8) is 0 Å². The molecule has 4 nitrogen and oxygen atoms in total. The van der Waals surface area contributed by atoms with Crippen molar-refractivity contribution in [3.05, 3.63) is 29.8 Å². The predicted octanol–water partition coefficient (Wildman–Crippen LogP) is 1.70. The average Bonchev–Trinajstić information content (AvgIpc) is 2.29. The molecule has 0 spiro atoms. The summed E-state index contributed by atoms with van der Waals surface area (Å²) in [6, 6.07) is 7.01. The first-order valence-corrected chi connectivity index (χ1v) is 5.77. The number of aromatic hydroxyl groups is 1. The van der Waals surface area contributed by atoms with Crippen molar-refractivity contribution in [1.29, 1.82) is 0 Å². The molecular formula is C13H17NO3. The first-order chi connectivity index (χ1) is 8.09. The van der Waals surface area contributed by atoms with Crippen LogP contribution in [0.4, 0.5) is 0 Å².